The van der Waals surface area contributed by atoms with Crippen molar-refractivity contribution in [1.82, 2.24) is 9.97 Å². The third kappa shape index (κ3) is 1.62. The van der Waals surface area contributed by atoms with E-state index in [1.54, 1.807) is 6.07 Å². The lowest BCUT2D eigenvalue weighted by Gasteiger charge is -2.12. The first-order chi connectivity index (χ1) is 6.47. The summed E-state index contributed by atoms with van der Waals surface area (Å²) in [6, 6.07) is 3.01. The number of fused-ring (bicyclic) bond motifs is 1. The van der Waals surface area contributed by atoms with E-state index in [-0.39, 0.29) is 5.41 Å². The van der Waals surface area contributed by atoms with E-state index in [4.69, 9.17) is 0 Å². The summed E-state index contributed by atoms with van der Waals surface area (Å²) in [5, 5.41) is 0.991. The van der Waals surface area contributed by atoms with Crippen LogP contribution in [0.4, 0.5) is 4.39 Å². The monoisotopic (exact) mass is 210 g/mol. The van der Waals surface area contributed by atoms with Crippen LogP contribution in [0.1, 0.15) is 25.8 Å². The Labute approximate surface area is 85.8 Å². The number of nitrogens with zero attached hydrogens (tertiary/aromatic N) is 2. The van der Waals surface area contributed by atoms with Crippen LogP contribution in [0.2, 0.25) is 0 Å². The molecule has 0 aliphatic rings. The topological polar surface area (TPSA) is 25.8 Å². The highest BCUT2D eigenvalue weighted by atomic mass is 32.1. The molecule has 14 heavy (non-hydrogen) atoms. The molecule has 0 saturated carbocycles. The first-order valence-corrected chi connectivity index (χ1v) is 5.22. The fourth-order valence-corrected chi connectivity index (χ4v) is 2.10. The molecule has 0 radical (unpaired) electrons. The van der Waals surface area contributed by atoms with Crippen LogP contribution in [0.5, 0.6) is 0 Å². The third-order valence-electron chi connectivity index (χ3n) is 1.86. The summed E-state index contributed by atoms with van der Waals surface area (Å²) in [6.07, 6.45) is 0. The predicted molar refractivity (Wildman–Crippen MR) is 56.1 cm³/mol. The molecule has 0 saturated heterocycles. The highest BCUT2D eigenvalue weighted by Crippen LogP contribution is 2.29. The summed E-state index contributed by atoms with van der Waals surface area (Å²) >= 11 is 1.46. The Morgan fingerprint density at radius 3 is 2.57 bits per heavy atom. The van der Waals surface area contributed by atoms with E-state index >= 15 is 0 Å². The Bertz CT molecular complexity index is 470. The van der Waals surface area contributed by atoms with Crippen molar-refractivity contribution in [3.8, 4) is 0 Å². The van der Waals surface area contributed by atoms with E-state index in [0.29, 0.717) is 4.83 Å². The van der Waals surface area contributed by atoms with Gasteiger partial charge in [-0.1, -0.05) is 32.1 Å². The second-order valence-corrected chi connectivity index (χ2v) is 5.20. The summed E-state index contributed by atoms with van der Waals surface area (Å²) in [5.74, 6) is -0.443. The van der Waals surface area contributed by atoms with Gasteiger partial charge in [0.15, 0.2) is 0 Å². The van der Waals surface area contributed by atoms with Crippen LogP contribution >= 0.6 is 11.3 Å². The van der Waals surface area contributed by atoms with Crippen molar-refractivity contribution in [1.29, 1.82) is 0 Å². The zero-order chi connectivity index (χ0) is 10.3. The average molecular weight is 210 g/mol. The van der Waals surface area contributed by atoms with Crippen LogP contribution < -0.4 is 0 Å². The molecule has 0 aliphatic carbocycles. The molecule has 0 bridgehead atoms. The van der Waals surface area contributed by atoms with Crippen molar-refractivity contribution in [3.05, 3.63) is 23.1 Å². The summed E-state index contributed by atoms with van der Waals surface area (Å²) in [6.45, 7) is 6.25. The van der Waals surface area contributed by atoms with Crippen molar-refractivity contribution in [2.45, 2.75) is 26.2 Å². The normalized spacial score (nSPS) is 12.3. The molecular weight excluding hydrogens is 199 g/mol. The molecule has 0 aromatic carbocycles. The quantitative estimate of drug-likeness (QED) is 0.624. The molecule has 0 aliphatic heterocycles. The lowest BCUT2D eigenvalue weighted by molar-refractivity contribution is 0.586. The summed E-state index contributed by atoms with van der Waals surface area (Å²) in [4.78, 5) is 8.89. The highest BCUT2D eigenvalue weighted by Gasteiger charge is 2.19. The lowest BCUT2D eigenvalue weighted by Crippen LogP contribution is -2.09. The van der Waals surface area contributed by atoms with E-state index in [2.05, 4.69) is 30.7 Å². The van der Waals surface area contributed by atoms with Crippen LogP contribution in [-0.4, -0.2) is 9.97 Å². The minimum absolute atomic E-state index is 0.00183. The van der Waals surface area contributed by atoms with Crippen molar-refractivity contribution >= 4 is 21.7 Å². The van der Waals surface area contributed by atoms with Gasteiger partial charge in [-0.25, -0.2) is 9.97 Å². The maximum atomic E-state index is 12.8. The van der Waals surface area contributed by atoms with E-state index < -0.39 is 5.95 Å². The van der Waals surface area contributed by atoms with Crippen molar-refractivity contribution < 1.29 is 4.39 Å². The van der Waals surface area contributed by atoms with Gasteiger partial charge in [-0.2, -0.15) is 4.39 Å². The van der Waals surface area contributed by atoms with Crippen LogP contribution in [0.3, 0.4) is 0 Å². The molecule has 2 aromatic rings. The number of thiazole rings is 1. The molecule has 2 heterocycles. The van der Waals surface area contributed by atoms with Crippen molar-refractivity contribution in [2.75, 3.05) is 0 Å². The Morgan fingerprint density at radius 1 is 1.21 bits per heavy atom. The molecule has 0 fully saturated rings. The average Bonchev–Trinajstić information content (AvgIpc) is 2.45. The fourth-order valence-electron chi connectivity index (χ4n) is 1.12. The maximum Gasteiger partial charge on any atom is 0.214 e. The molecule has 2 rings (SSSR count). The maximum absolute atomic E-state index is 12.8. The molecule has 2 aromatic heterocycles. The minimum atomic E-state index is -0.443. The van der Waals surface area contributed by atoms with Gasteiger partial charge in [0.1, 0.15) is 15.4 Å². The molecular formula is C10H11FN2S. The molecule has 4 heteroatoms. The minimum Gasteiger partial charge on any atom is -0.239 e. The Hall–Kier alpha value is -1.03. The molecule has 0 unspecified atom stereocenters. The molecule has 0 atom stereocenters. The second kappa shape index (κ2) is 2.98. The second-order valence-electron chi connectivity index (χ2n) is 4.23. The Kier molecular flexibility index (Phi) is 2.03. The number of halogens is 1. The smallest absolute Gasteiger partial charge is 0.214 e. The zero-order valence-electron chi connectivity index (χ0n) is 8.34. The van der Waals surface area contributed by atoms with Gasteiger partial charge >= 0.3 is 0 Å². The van der Waals surface area contributed by atoms with Gasteiger partial charge in [0.2, 0.25) is 5.95 Å². The van der Waals surface area contributed by atoms with Gasteiger partial charge in [0.25, 0.3) is 0 Å². The van der Waals surface area contributed by atoms with Crippen LogP contribution in [-0.2, 0) is 5.41 Å². The molecule has 74 valence electrons. The Morgan fingerprint density at radius 2 is 1.93 bits per heavy atom. The van der Waals surface area contributed by atoms with Gasteiger partial charge in [-0.3, -0.25) is 0 Å². The van der Waals surface area contributed by atoms with Gasteiger partial charge in [0.05, 0.1) is 0 Å². The van der Waals surface area contributed by atoms with Crippen LogP contribution in [0, 0.1) is 5.95 Å². The first-order valence-electron chi connectivity index (χ1n) is 4.40. The van der Waals surface area contributed by atoms with Crippen molar-refractivity contribution in [3.63, 3.8) is 0 Å². The SMILES string of the molecule is CC(C)(C)c1nc2ccc(F)nc2s1. The molecule has 2 nitrogen and oxygen atoms in total. The summed E-state index contributed by atoms with van der Waals surface area (Å²) in [7, 11) is 0. The van der Waals surface area contributed by atoms with Gasteiger partial charge in [-0.05, 0) is 12.1 Å². The Balaban J connectivity index is 2.63. The fraction of sp³-hybridized carbons (Fsp3) is 0.400. The van der Waals surface area contributed by atoms with E-state index in [9.17, 15) is 4.39 Å². The van der Waals surface area contributed by atoms with Crippen LogP contribution in [0.25, 0.3) is 10.3 Å². The molecule has 0 N–H and O–H groups in total. The van der Waals surface area contributed by atoms with Crippen molar-refractivity contribution in [2.24, 2.45) is 0 Å². The number of hydrogen-bond acceptors (Lipinski definition) is 3. The van der Waals surface area contributed by atoms with Crippen LogP contribution in [0.15, 0.2) is 12.1 Å². The third-order valence-corrected chi connectivity index (χ3v) is 3.25. The molecule has 0 spiro atoms. The van der Waals surface area contributed by atoms with E-state index in [1.165, 1.54) is 17.4 Å². The van der Waals surface area contributed by atoms with Gasteiger partial charge < -0.3 is 0 Å². The standard InChI is InChI=1S/C10H11FN2S/c1-10(2,3)9-12-6-4-5-7(11)13-8(6)14-9/h4-5H,1-3H3. The number of hydrogen-bond donors (Lipinski definition) is 0. The van der Waals surface area contributed by atoms with Gasteiger partial charge in [-0.15, -0.1) is 0 Å². The number of rotatable bonds is 0. The zero-order valence-corrected chi connectivity index (χ0v) is 9.15. The molecule has 0 amide bonds. The highest BCUT2D eigenvalue weighted by molar-refractivity contribution is 7.18. The first kappa shape index (κ1) is 9.52. The number of aromatic nitrogens is 2. The predicted octanol–water partition coefficient (Wildman–Crippen LogP) is 3.13. The van der Waals surface area contributed by atoms with E-state index in [1.807, 2.05) is 0 Å². The number of pyridine rings is 1. The lowest BCUT2D eigenvalue weighted by atomic mass is 9.98. The van der Waals surface area contributed by atoms with E-state index in [0.717, 1.165) is 10.5 Å². The summed E-state index contributed by atoms with van der Waals surface area (Å²) < 4.78 is 12.8. The largest absolute Gasteiger partial charge is 0.239 e. The van der Waals surface area contributed by atoms with Gasteiger partial charge in [0, 0.05) is 5.41 Å². The summed E-state index contributed by atoms with van der Waals surface area (Å²) in [5.41, 5.74) is 0.781.